The molecule has 2 aliphatic carbocycles. The van der Waals surface area contributed by atoms with Crippen molar-refractivity contribution in [3.05, 3.63) is 222 Å². The fraction of sp³-hybridized carbons (Fsp3) is 0.0938. The maximum atomic E-state index is 7.21. The van der Waals surface area contributed by atoms with E-state index in [0.717, 1.165) is 44.6 Å². The lowest BCUT2D eigenvalue weighted by Crippen LogP contribution is -2.16. The first-order valence-electron chi connectivity index (χ1n) is 23.4. The summed E-state index contributed by atoms with van der Waals surface area (Å²) in [6, 6.07) is 74.4. The normalized spacial score (nSPS) is 14.2. The smallest absolute Gasteiger partial charge is 0.143 e. The molecule has 67 heavy (non-hydrogen) atoms. The largest absolute Gasteiger partial charge is 0.455 e. The van der Waals surface area contributed by atoms with E-state index in [1.54, 1.807) is 0 Å². The monoisotopic (exact) mass is 875 g/mol. The van der Waals surface area contributed by atoms with E-state index in [2.05, 4.69) is 233 Å². The molecule has 0 spiro atoms. The molecule has 0 amide bonds. The maximum Gasteiger partial charge on any atom is 0.143 e. The van der Waals surface area contributed by atoms with E-state index in [-0.39, 0.29) is 10.8 Å². The van der Waals surface area contributed by atoms with E-state index < -0.39 is 0 Å². The predicted molar refractivity (Wildman–Crippen MR) is 285 cm³/mol. The van der Waals surface area contributed by atoms with E-state index >= 15 is 0 Å². The SMILES string of the molecule is CC1(C)c2ccccc2-c2ccc(-c3c4ccccc4cc4c3oc3cc(N(c5ccc(-c6cccc7c6sc6ccccc67)cc5)c5ccc6c(c5)C(C)(C)c5ccccc5-6)ccc34)cc21. The summed E-state index contributed by atoms with van der Waals surface area (Å²) < 4.78 is 9.85. The van der Waals surface area contributed by atoms with Crippen LogP contribution in [0, 0.1) is 0 Å². The Morgan fingerprint density at radius 1 is 0.388 bits per heavy atom. The third kappa shape index (κ3) is 5.50. The second-order valence-corrected chi connectivity index (χ2v) is 20.7. The lowest BCUT2D eigenvalue weighted by Gasteiger charge is -2.28. The fourth-order valence-corrected chi connectivity index (χ4v) is 13.1. The Morgan fingerprint density at radius 3 is 1.73 bits per heavy atom. The molecule has 0 saturated carbocycles. The van der Waals surface area contributed by atoms with Crippen molar-refractivity contribution in [2.75, 3.05) is 4.90 Å². The first kappa shape index (κ1) is 38.5. The molecule has 0 unspecified atom stereocenters. The molecular weight excluding hydrogens is 831 g/mol. The number of hydrogen-bond acceptors (Lipinski definition) is 3. The molecule has 3 heteroatoms. The van der Waals surface area contributed by atoms with Crippen LogP contribution < -0.4 is 4.90 Å². The second kappa shape index (κ2) is 13.9. The summed E-state index contributed by atoms with van der Waals surface area (Å²) in [6.07, 6.45) is 0. The summed E-state index contributed by atoms with van der Waals surface area (Å²) in [6.45, 7) is 9.43. The Kier molecular flexibility index (Phi) is 8.00. The van der Waals surface area contributed by atoms with Crippen LogP contribution in [0.3, 0.4) is 0 Å². The zero-order valence-corrected chi connectivity index (χ0v) is 38.6. The fourth-order valence-electron chi connectivity index (χ4n) is 11.9. The lowest BCUT2D eigenvalue weighted by molar-refractivity contribution is 0.660. The first-order valence-corrected chi connectivity index (χ1v) is 24.2. The molecule has 318 valence electrons. The molecular formula is C64H45NOS. The molecule has 14 rings (SSSR count). The number of thiophene rings is 1. The van der Waals surface area contributed by atoms with Crippen LogP contribution in [0.25, 0.3) is 97.4 Å². The minimum absolute atomic E-state index is 0.114. The van der Waals surface area contributed by atoms with Gasteiger partial charge in [-0.05, 0) is 127 Å². The zero-order valence-electron chi connectivity index (χ0n) is 37.8. The molecule has 12 aromatic rings. The van der Waals surface area contributed by atoms with Gasteiger partial charge in [0.2, 0.25) is 0 Å². The van der Waals surface area contributed by atoms with Gasteiger partial charge in [-0.1, -0.05) is 167 Å². The summed E-state index contributed by atoms with van der Waals surface area (Å²) in [5.74, 6) is 0. The Labute approximate surface area is 394 Å². The van der Waals surface area contributed by atoms with Crippen molar-refractivity contribution in [1.29, 1.82) is 0 Å². The van der Waals surface area contributed by atoms with Crippen LogP contribution in [-0.4, -0.2) is 0 Å². The minimum Gasteiger partial charge on any atom is -0.455 e. The highest BCUT2D eigenvalue weighted by Gasteiger charge is 2.37. The predicted octanol–water partition coefficient (Wildman–Crippen LogP) is 18.5. The zero-order chi connectivity index (χ0) is 44.8. The van der Waals surface area contributed by atoms with Crippen LogP contribution >= 0.6 is 11.3 Å². The minimum atomic E-state index is -0.142. The van der Waals surface area contributed by atoms with Gasteiger partial charge in [0.25, 0.3) is 0 Å². The Bertz CT molecular complexity index is 4050. The van der Waals surface area contributed by atoms with Gasteiger partial charge in [-0.15, -0.1) is 11.3 Å². The van der Waals surface area contributed by atoms with E-state index in [9.17, 15) is 0 Å². The number of nitrogens with zero attached hydrogens (tertiary/aromatic N) is 1. The summed E-state index contributed by atoms with van der Waals surface area (Å²) in [5.41, 5.74) is 20.3. The standard InChI is InChI=1S/C64H45NOS/c1-63(2)54-21-10-7-16-46(54)48-31-26-40(35-56(48)63)60-44-15-6-5-14-39(44)34-53-50-33-30-43(37-58(50)66-61(53)60)65(42-29-32-49-47-17-8-11-22-55(47)64(3,4)57(49)36-42)41-27-24-38(25-28-41)45-19-13-20-52-51-18-9-12-23-59(51)67-62(45)52/h5-37H,1-4H3. The number of benzene rings is 10. The Balaban J connectivity index is 0.945. The number of fused-ring (bicyclic) bond motifs is 13. The van der Waals surface area contributed by atoms with Crippen molar-refractivity contribution >= 4 is 81.3 Å². The molecule has 2 heterocycles. The summed E-state index contributed by atoms with van der Waals surface area (Å²) in [4.78, 5) is 2.41. The number of furan rings is 1. The molecule has 10 aromatic carbocycles. The average Bonchev–Trinajstić information content (AvgIpc) is 4.06. The van der Waals surface area contributed by atoms with Crippen LogP contribution in [0.1, 0.15) is 49.9 Å². The van der Waals surface area contributed by atoms with E-state index in [4.69, 9.17) is 4.42 Å². The average molecular weight is 876 g/mol. The highest BCUT2D eigenvalue weighted by Crippen LogP contribution is 2.53. The van der Waals surface area contributed by atoms with Crippen LogP contribution in [0.5, 0.6) is 0 Å². The van der Waals surface area contributed by atoms with Crippen molar-refractivity contribution in [3.8, 4) is 44.5 Å². The van der Waals surface area contributed by atoms with Gasteiger partial charge >= 0.3 is 0 Å². The molecule has 0 bridgehead atoms. The second-order valence-electron chi connectivity index (χ2n) is 19.6. The topological polar surface area (TPSA) is 16.4 Å². The van der Waals surface area contributed by atoms with E-state index in [1.165, 1.54) is 92.1 Å². The molecule has 0 atom stereocenters. The molecule has 0 aliphatic heterocycles. The molecule has 0 radical (unpaired) electrons. The quantitative estimate of drug-likeness (QED) is 0.171. The molecule has 2 aliphatic rings. The van der Waals surface area contributed by atoms with Crippen LogP contribution in [0.4, 0.5) is 17.1 Å². The molecule has 0 fully saturated rings. The van der Waals surface area contributed by atoms with Gasteiger partial charge in [0.1, 0.15) is 11.2 Å². The van der Waals surface area contributed by atoms with Crippen molar-refractivity contribution < 1.29 is 4.42 Å². The van der Waals surface area contributed by atoms with Gasteiger partial charge in [-0.2, -0.15) is 0 Å². The molecule has 2 nitrogen and oxygen atoms in total. The third-order valence-electron chi connectivity index (χ3n) is 15.3. The van der Waals surface area contributed by atoms with E-state index in [0.29, 0.717) is 0 Å². The Hall–Kier alpha value is -7.72. The highest BCUT2D eigenvalue weighted by molar-refractivity contribution is 7.26. The van der Waals surface area contributed by atoms with Crippen molar-refractivity contribution in [3.63, 3.8) is 0 Å². The molecule has 2 aromatic heterocycles. The van der Waals surface area contributed by atoms with Gasteiger partial charge < -0.3 is 9.32 Å². The highest BCUT2D eigenvalue weighted by atomic mass is 32.1. The maximum absolute atomic E-state index is 7.21. The van der Waals surface area contributed by atoms with Gasteiger partial charge in [-0.25, -0.2) is 0 Å². The van der Waals surface area contributed by atoms with Gasteiger partial charge in [0.05, 0.1) is 0 Å². The third-order valence-corrected chi connectivity index (χ3v) is 16.5. The first-order chi connectivity index (χ1) is 32.7. The van der Waals surface area contributed by atoms with E-state index in [1.807, 2.05) is 11.3 Å². The van der Waals surface area contributed by atoms with Crippen LogP contribution in [-0.2, 0) is 10.8 Å². The lowest BCUT2D eigenvalue weighted by atomic mass is 9.81. The van der Waals surface area contributed by atoms with Crippen molar-refractivity contribution in [1.82, 2.24) is 0 Å². The van der Waals surface area contributed by atoms with Gasteiger partial charge in [-0.3, -0.25) is 0 Å². The summed E-state index contributed by atoms with van der Waals surface area (Å²) >= 11 is 1.88. The number of anilines is 3. The Morgan fingerprint density at radius 2 is 0.955 bits per heavy atom. The van der Waals surface area contributed by atoms with Gasteiger partial charge in [0, 0.05) is 70.5 Å². The molecule has 0 N–H and O–H groups in total. The van der Waals surface area contributed by atoms with Crippen LogP contribution in [0.2, 0.25) is 0 Å². The van der Waals surface area contributed by atoms with Gasteiger partial charge in [0.15, 0.2) is 0 Å². The number of hydrogen-bond donors (Lipinski definition) is 0. The van der Waals surface area contributed by atoms with Crippen LogP contribution in [0.15, 0.2) is 205 Å². The molecule has 0 saturated heterocycles. The summed E-state index contributed by atoms with van der Waals surface area (Å²) in [7, 11) is 0. The van der Waals surface area contributed by atoms with Crippen molar-refractivity contribution in [2.24, 2.45) is 0 Å². The number of rotatable bonds is 5. The summed E-state index contributed by atoms with van der Waals surface area (Å²) in [5, 5.41) is 7.26. The van der Waals surface area contributed by atoms with Crippen molar-refractivity contribution in [2.45, 2.75) is 38.5 Å².